The Balaban J connectivity index is 1.74. The molecule has 0 aliphatic heterocycles. The summed E-state index contributed by atoms with van der Waals surface area (Å²) in [5, 5.41) is 23.8. The predicted molar refractivity (Wildman–Crippen MR) is 104 cm³/mol. The summed E-state index contributed by atoms with van der Waals surface area (Å²) in [5.74, 6) is -1.31. The van der Waals surface area contributed by atoms with Crippen molar-refractivity contribution in [1.29, 1.82) is 0 Å². The summed E-state index contributed by atoms with van der Waals surface area (Å²) in [5.41, 5.74) is 0.292. The maximum Gasteiger partial charge on any atom is 0.342 e. The molecule has 0 unspecified atom stereocenters. The Morgan fingerprint density at radius 3 is 2.29 bits per heavy atom. The second-order valence-electron chi connectivity index (χ2n) is 6.10. The molecule has 0 aliphatic carbocycles. The number of benzene rings is 3. The number of aromatic hydroxyl groups is 2. The molecule has 28 heavy (non-hydrogen) atoms. The molecule has 7 heteroatoms. The van der Waals surface area contributed by atoms with Crippen molar-refractivity contribution in [3.63, 3.8) is 0 Å². The number of anilines is 1. The second kappa shape index (κ2) is 7.87. The molecule has 3 N–H and O–H groups in total. The summed E-state index contributed by atoms with van der Waals surface area (Å²) in [6.07, 6.45) is -1.12. The number of ether oxygens (including phenoxy) is 2. The zero-order valence-corrected chi connectivity index (χ0v) is 15.3. The first kappa shape index (κ1) is 19.0. The highest BCUT2D eigenvalue weighted by atomic mass is 16.5. The summed E-state index contributed by atoms with van der Waals surface area (Å²) in [6, 6.07) is 14.3. The zero-order chi connectivity index (χ0) is 20.3. The van der Waals surface area contributed by atoms with Gasteiger partial charge in [-0.25, -0.2) is 4.79 Å². The van der Waals surface area contributed by atoms with Crippen molar-refractivity contribution in [2.75, 3.05) is 12.4 Å². The van der Waals surface area contributed by atoms with Crippen molar-refractivity contribution in [3.05, 3.63) is 60.2 Å². The fraction of sp³-hybridized carbons (Fsp3) is 0.143. The number of phenols is 2. The maximum absolute atomic E-state index is 12.4. The van der Waals surface area contributed by atoms with Crippen molar-refractivity contribution >= 4 is 28.3 Å². The number of fused-ring (bicyclic) bond motifs is 1. The van der Waals surface area contributed by atoms with E-state index < -0.39 is 18.0 Å². The smallest absolute Gasteiger partial charge is 0.342 e. The Morgan fingerprint density at radius 2 is 1.64 bits per heavy atom. The molecule has 144 valence electrons. The summed E-state index contributed by atoms with van der Waals surface area (Å²) in [7, 11) is 1.54. The number of esters is 1. The highest BCUT2D eigenvalue weighted by Crippen LogP contribution is 2.35. The van der Waals surface area contributed by atoms with Gasteiger partial charge in [0.05, 0.1) is 7.11 Å². The van der Waals surface area contributed by atoms with Crippen LogP contribution in [0, 0.1) is 0 Å². The zero-order valence-electron chi connectivity index (χ0n) is 15.3. The molecule has 0 saturated carbocycles. The molecule has 0 spiro atoms. The van der Waals surface area contributed by atoms with E-state index in [4.69, 9.17) is 9.47 Å². The molecule has 0 radical (unpaired) electrons. The Morgan fingerprint density at radius 1 is 1.00 bits per heavy atom. The van der Waals surface area contributed by atoms with E-state index in [-0.39, 0.29) is 17.1 Å². The largest absolute Gasteiger partial charge is 0.507 e. The fourth-order valence-electron chi connectivity index (χ4n) is 2.69. The molecule has 0 aliphatic rings. The van der Waals surface area contributed by atoms with E-state index in [0.29, 0.717) is 22.2 Å². The third-order valence-electron chi connectivity index (χ3n) is 4.22. The minimum Gasteiger partial charge on any atom is -0.507 e. The van der Waals surface area contributed by atoms with Crippen molar-refractivity contribution in [3.8, 4) is 17.2 Å². The first-order chi connectivity index (χ1) is 13.4. The van der Waals surface area contributed by atoms with E-state index in [9.17, 15) is 19.8 Å². The number of methoxy groups -OCH3 is 1. The van der Waals surface area contributed by atoms with E-state index in [1.165, 1.54) is 14.0 Å². The van der Waals surface area contributed by atoms with Crippen LogP contribution in [0.1, 0.15) is 17.3 Å². The molecule has 0 bridgehead atoms. The number of rotatable bonds is 5. The quantitative estimate of drug-likeness (QED) is 0.462. The van der Waals surface area contributed by atoms with Crippen molar-refractivity contribution in [2.45, 2.75) is 13.0 Å². The minimum atomic E-state index is -1.12. The first-order valence-electron chi connectivity index (χ1n) is 8.50. The number of carbonyl (C=O) groups is 2. The Hall–Kier alpha value is -3.74. The minimum absolute atomic E-state index is 0.171. The number of hydrogen-bond donors (Lipinski definition) is 3. The van der Waals surface area contributed by atoms with Crippen LogP contribution >= 0.6 is 0 Å². The highest BCUT2D eigenvalue weighted by Gasteiger charge is 2.23. The number of carbonyl (C=O) groups excluding carboxylic acids is 2. The Kier molecular flexibility index (Phi) is 5.35. The lowest BCUT2D eigenvalue weighted by atomic mass is 10.0. The number of phenolic OH excluding ortho intramolecular Hbond substituents is 2. The van der Waals surface area contributed by atoms with Crippen molar-refractivity contribution < 1.29 is 29.3 Å². The van der Waals surface area contributed by atoms with Gasteiger partial charge < -0.3 is 25.0 Å². The molecule has 1 amide bonds. The van der Waals surface area contributed by atoms with Gasteiger partial charge in [0.15, 0.2) is 6.10 Å². The maximum atomic E-state index is 12.4. The van der Waals surface area contributed by atoms with Gasteiger partial charge >= 0.3 is 5.97 Å². The average Bonchev–Trinajstić information content (AvgIpc) is 2.71. The van der Waals surface area contributed by atoms with Crippen LogP contribution in [-0.2, 0) is 9.53 Å². The average molecular weight is 381 g/mol. The van der Waals surface area contributed by atoms with Gasteiger partial charge in [-0.1, -0.05) is 24.3 Å². The molecule has 3 aromatic rings. The third kappa shape index (κ3) is 3.83. The van der Waals surface area contributed by atoms with Crippen molar-refractivity contribution in [1.82, 2.24) is 0 Å². The molecule has 0 aromatic heterocycles. The molecule has 0 fully saturated rings. The van der Waals surface area contributed by atoms with Gasteiger partial charge in [-0.3, -0.25) is 4.79 Å². The van der Waals surface area contributed by atoms with Gasteiger partial charge in [0.25, 0.3) is 5.91 Å². The lowest BCUT2D eigenvalue weighted by Crippen LogP contribution is -2.30. The summed E-state index contributed by atoms with van der Waals surface area (Å²) in [4.78, 5) is 24.7. The predicted octanol–water partition coefficient (Wildman–Crippen LogP) is 3.44. The van der Waals surface area contributed by atoms with Crippen molar-refractivity contribution in [2.24, 2.45) is 0 Å². The topological polar surface area (TPSA) is 105 Å². The summed E-state index contributed by atoms with van der Waals surface area (Å²) in [6.45, 7) is 1.41. The SMILES string of the molecule is COc1ccc(NC(=O)[C@@H](C)OC(=O)c2cc(O)c3ccccc3c2O)cc1. The van der Waals surface area contributed by atoms with Gasteiger partial charge in [0.1, 0.15) is 22.8 Å². The summed E-state index contributed by atoms with van der Waals surface area (Å²) >= 11 is 0. The van der Waals surface area contributed by atoms with E-state index in [1.54, 1.807) is 48.5 Å². The number of amides is 1. The highest BCUT2D eigenvalue weighted by molar-refractivity contribution is 6.04. The van der Waals surface area contributed by atoms with E-state index in [0.717, 1.165) is 6.07 Å². The summed E-state index contributed by atoms with van der Waals surface area (Å²) < 4.78 is 10.2. The lowest BCUT2D eigenvalue weighted by molar-refractivity contribution is -0.123. The molecular formula is C21H19NO6. The Labute approximate surface area is 161 Å². The third-order valence-corrected chi connectivity index (χ3v) is 4.22. The van der Waals surface area contributed by atoms with Gasteiger partial charge in [-0.2, -0.15) is 0 Å². The molecule has 3 aromatic carbocycles. The molecule has 3 rings (SSSR count). The molecule has 0 saturated heterocycles. The standard InChI is InChI=1S/C21H19NO6/c1-12(20(25)22-13-7-9-14(27-2)10-8-13)28-21(26)17-11-18(23)15-5-3-4-6-16(15)19(17)24/h3-12,23-24H,1-2H3,(H,22,25)/t12-/m1/s1. The molecular weight excluding hydrogens is 362 g/mol. The number of nitrogens with one attached hydrogen (secondary N) is 1. The normalized spacial score (nSPS) is 11.6. The lowest BCUT2D eigenvalue weighted by Gasteiger charge is -2.15. The number of hydrogen-bond acceptors (Lipinski definition) is 6. The Bertz CT molecular complexity index is 1030. The van der Waals surface area contributed by atoms with Gasteiger partial charge in [-0.05, 0) is 37.3 Å². The van der Waals surface area contributed by atoms with Gasteiger partial charge in [-0.15, -0.1) is 0 Å². The monoisotopic (exact) mass is 381 g/mol. The second-order valence-corrected chi connectivity index (χ2v) is 6.10. The van der Waals surface area contributed by atoms with Crippen LogP contribution in [-0.4, -0.2) is 35.3 Å². The van der Waals surface area contributed by atoms with E-state index in [2.05, 4.69) is 5.32 Å². The van der Waals surface area contributed by atoms with Crippen LogP contribution in [0.5, 0.6) is 17.2 Å². The van der Waals surface area contributed by atoms with Crippen LogP contribution in [0.15, 0.2) is 54.6 Å². The van der Waals surface area contributed by atoms with Crippen LogP contribution in [0.3, 0.4) is 0 Å². The molecule has 0 heterocycles. The van der Waals surface area contributed by atoms with Gasteiger partial charge in [0.2, 0.25) is 0 Å². The van der Waals surface area contributed by atoms with Crippen LogP contribution in [0.25, 0.3) is 10.8 Å². The van der Waals surface area contributed by atoms with E-state index >= 15 is 0 Å². The molecule has 7 nitrogen and oxygen atoms in total. The first-order valence-corrected chi connectivity index (χ1v) is 8.50. The van der Waals surface area contributed by atoms with Crippen LogP contribution < -0.4 is 10.1 Å². The molecule has 1 atom stereocenters. The van der Waals surface area contributed by atoms with Crippen LogP contribution in [0.4, 0.5) is 5.69 Å². The van der Waals surface area contributed by atoms with Gasteiger partial charge in [0, 0.05) is 16.5 Å². The fourth-order valence-corrected chi connectivity index (χ4v) is 2.69. The van der Waals surface area contributed by atoms with Crippen LogP contribution in [0.2, 0.25) is 0 Å². The van der Waals surface area contributed by atoms with E-state index in [1.807, 2.05) is 0 Å².